The van der Waals surface area contributed by atoms with Crippen LogP contribution in [0.5, 0.6) is 5.88 Å². The van der Waals surface area contributed by atoms with Crippen LogP contribution < -0.4 is 4.74 Å². The maximum Gasteiger partial charge on any atom is 0.336 e. The van der Waals surface area contributed by atoms with Gasteiger partial charge in [0, 0.05) is 6.08 Å². The van der Waals surface area contributed by atoms with Gasteiger partial charge in [-0.1, -0.05) is 6.58 Å². The van der Waals surface area contributed by atoms with E-state index in [9.17, 15) is 4.79 Å². The molecule has 1 rings (SSSR count). The van der Waals surface area contributed by atoms with Crippen molar-refractivity contribution in [2.45, 2.75) is 0 Å². The van der Waals surface area contributed by atoms with Gasteiger partial charge in [0.1, 0.15) is 0 Å². The fourth-order valence-corrected chi connectivity index (χ4v) is 0.449. The maximum atomic E-state index is 10.5. The predicted molar refractivity (Wildman–Crippen MR) is 41.6 cm³/mol. The average Bonchev–Trinajstić information content (AvgIpc) is 2.40. The van der Waals surface area contributed by atoms with Crippen LogP contribution >= 0.6 is 0 Å². The van der Waals surface area contributed by atoms with E-state index in [-0.39, 0.29) is 11.0 Å². The van der Waals surface area contributed by atoms with Gasteiger partial charge in [-0.05, 0) is 0 Å². The van der Waals surface area contributed by atoms with Crippen LogP contribution in [0.25, 0.3) is 0 Å². The van der Waals surface area contributed by atoms with Crippen LogP contribution in [0.1, 0.15) is 0 Å². The van der Waals surface area contributed by atoms with Crippen molar-refractivity contribution in [3.05, 3.63) is 25.2 Å². The van der Waals surface area contributed by atoms with Crippen molar-refractivity contribution in [2.75, 3.05) is 0 Å². The summed E-state index contributed by atoms with van der Waals surface area (Å²) in [7, 11) is 0. The summed E-state index contributed by atoms with van der Waals surface area (Å²) in [5.41, 5.74) is 0. The first-order valence-electron chi connectivity index (χ1n) is 2.65. The second-order valence-corrected chi connectivity index (χ2v) is 1.54. The van der Waals surface area contributed by atoms with Gasteiger partial charge in [-0.3, -0.25) is 0 Å². The standard InChI is InChI=1S/C6H6N2O2.2H2O/c1-2-6(9)10-5-3-7-4-8-5;;/h2-4H,1H2,(H,7,8);2*1H2. The van der Waals surface area contributed by atoms with E-state index in [1.807, 2.05) is 0 Å². The zero-order valence-corrected chi connectivity index (χ0v) is 6.20. The van der Waals surface area contributed by atoms with Crippen LogP contribution in [0.3, 0.4) is 0 Å². The number of carbonyl (C=O) groups is 1. The van der Waals surface area contributed by atoms with Crippen LogP contribution in [-0.2, 0) is 4.79 Å². The van der Waals surface area contributed by atoms with Gasteiger partial charge in [-0.15, -0.1) is 0 Å². The van der Waals surface area contributed by atoms with Gasteiger partial charge in [0.05, 0.1) is 12.5 Å². The van der Waals surface area contributed by atoms with E-state index in [0.29, 0.717) is 5.88 Å². The first-order chi connectivity index (χ1) is 4.83. The SMILES string of the molecule is C=CC(=O)Oc1cnc[nH]1.O.O. The highest BCUT2D eigenvalue weighted by molar-refractivity contribution is 5.82. The molecule has 1 aromatic heterocycles. The molecule has 0 aromatic carbocycles. The Morgan fingerprint density at radius 1 is 1.67 bits per heavy atom. The number of ether oxygens (including phenoxy) is 1. The zero-order chi connectivity index (χ0) is 7.40. The molecule has 0 unspecified atom stereocenters. The van der Waals surface area contributed by atoms with E-state index in [1.165, 1.54) is 12.5 Å². The Hall–Kier alpha value is -1.66. The molecule has 0 radical (unpaired) electrons. The Balaban J connectivity index is 0. The first kappa shape index (κ1) is 13.0. The first-order valence-corrected chi connectivity index (χ1v) is 2.65. The molecule has 1 aromatic rings. The van der Waals surface area contributed by atoms with Gasteiger partial charge in [0.25, 0.3) is 0 Å². The molecular formula is C6H10N2O4. The van der Waals surface area contributed by atoms with Crippen molar-refractivity contribution in [3.63, 3.8) is 0 Å². The van der Waals surface area contributed by atoms with Crippen molar-refractivity contribution in [3.8, 4) is 5.88 Å². The number of imidazole rings is 1. The van der Waals surface area contributed by atoms with E-state index in [0.717, 1.165) is 6.08 Å². The van der Waals surface area contributed by atoms with Gasteiger partial charge in [-0.2, -0.15) is 0 Å². The summed E-state index contributed by atoms with van der Waals surface area (Å²) in [6.07, 6.45) is 3.91. The number of hydrogen-bond donors (Lipinski definition) is 1. The lowest BCUT2D eigenvalue weighted by atomic mass is 10.6. The Bertz CT molecular complexity index is 232. The number of hydrogen-bond acceptors (Lipinski definition) is 3. The van der Waals surface area contributed by atoms with Crippen molar-refractivity contribution in [1.29, 1.82) is 0 Å². The fourth-order valence-electron chi connectivity index (χ4n) is 0.449. The summed E-state index contributed by atoms with van der Waals surface area (Å²) in [4.78, 5) is 16.7. The van der Waals surface area contributed by atoms with Crippen LogP contribution in [0.4, 0.5) is 0 Å². The highest BCUT2D eigenvalue weighted by Gasteiger charge is 1.97. The Labute approximate surface area is 68.5 Å². The number of aromatic amines is 1. The second kappa shape index (κ2) is 6.08. The molecule has 0 atom stereocenters. The van der Waals surface area contributed by atoms with Crippen LogP contribution in [0.15, 0.2) is 25.2 Å². The predicted octanol–water partition coefficient (Wildman–Crippen LogP) is -1.15. The van der Waals surface area contributed by atoms with Crippen molar-refractivity contribution < 1.29 is 20.5 Å². The lowest BCUT2D eigenvalue weighted by Crippen LogP contribution is -2.02. The van der Waals surface area contributed by atoms with Crippen LogP contribution in [0.2, 0.25) is 0 Å². The van der Waals surface area contributed by atoms with Crippen molar-refractivity contribution in [1.82, 2.24) is 9.97 Å². The quantitative estimate of drug-likeness (QED) is 0.450. The van der Waals surface area contributed by atoms with Crippen LogP contribution in [0, 0.1) is 0 Å². The zero-order valence-electron chi connectivity index (χ0n) is 6.20. The maximum absolute atomic E-state index is 10.5. The topological polar surface area (TPSA) is 118 Å². The largest absolute Gasteiger partial charge is 0.412 e. The Morgan fingerprint density at radius 2 is 2.33 bits per heavy atom. The number of nitrogens with zero attached hydrogens (tertiary/aromatic N) is 1. The molecule has 0 fully saturated rings. The van der Waals surface area contributed by atoms with E-state index >= 15 is 0 Å². The van der Waals surface area contributed by atoms with Gasteiger partial charge < -0.3 is 20.7 Å². The summed E-state index contributed by atoms with van der Waals surface area (Å²) in [6, 6.07) is 0. The lowest BCUT2D eigenvalue weighted by Gasteiger charge is -1.92. The number of aromatic nitrogens is 2. The molecule has 68 valence electrons. The number of H-pyrrole nitrogens is 1. The molecule has 0 aliphatic heterocycles. The minimum absolute atomic E-state index is 0. The number of carbonyl (C=O) groups excluding carboxylic acids is 1. The van der Waals surface area contributed by atoms with Gasteiger partial charge in [-0.25, -0.2) is 9.78 Å². The highest BCUT2D eigenvalue weighted by Crippen LogP contribution is 2.00. The van der Waals surface area contributed by atoms with Gasteiger partial charge in [0.15, 0.2) is 0 Å². The molecule has 0 bridgehead atoms. The number of rotatable bonds is 2. The number of nitrogens with one attached hydrogen (secondary N) is 1. The minimum atomic E-state index is -0.496. The highest BCUT2D eigenvalue weighted by atomic mass is 16.5. The summed E-state index contributed by atoms with van der Waals surface area (Å²) in [6.45, 7) is 3.23. The minimum Gasteiger partial charge on any atom is -0.412 e. The van der Waals surface area contributed by atoms with E-state index in [1.54, 1.807) is 0 Å². The number of esters is 1. The van der Waals surface area contributed by atoms with Gasteiger partial charge >= 0.3 is 5.97 Å². The lowest BCUT2D eigenvalue weighted by molar-refractivity contribution is -0.129. The molecule has 0 spiro atoms. The Kier molecular flexibility index (Phi) is 6.57. The second-order valence-electron chi connectivity index (χ2n) is 1.54. The molecule has 0 amide bonds. The Morgan fingerprint density at radius 3 is 2.75 bits per heavy atom. The summed E-state index contributed by atoms with van der Waals surface area (Å²) in [5.74, 6) is -0.172. The molecule has 0 saturated heterocycles. The molecule has 0 aliphatic rings. The molecule has 6 heteroatoms. The molecule has 0 saturated carbocycles. The normalized spacial score (nSPS) is 7.33. The summed E-state index contributed by atoms with van der Waals surface area (Å²) >= 11 is 0. The van der Waals surface area contributed by atoms with Gasteiger partial charge in [0.2, 0.25) is 5.88 Å². The third kappa shape index (κ3) is 3.49. The molecular weight excluding hydrogens is 164 g/mol. The molecule has 0 aliphatic carbocycles. The molecule has 12 heavy (non-hydrogen) atoms. The smallest absolute Gasteiger partial charge is 0.336 e. The van der Waals surface area contributed by atoms with E-state index < -0.39 is 5.97 Å². The van der Waals surface area contributed by atoms with E-state index in [4.69, 9.17) is 0 Å². The molecule has 6 nitrogen and oxygen atoms in total. The molecule has 5 N–H and O–H groups in total. The van der Waals surface area contributed by atoms with Crippen molar-refractivity contribution in [2.24, 2.45) is 0 Å². The van der Waals surface area contributed by atoms with Crippen LogP contribution in [-0.4, -0.2) is 26.9 Å². The van der Waals surface area contributed by atoms with E-state index in [2.05, 4.69) is 21.3 Å². The third-order valence-electron chi connectivity index (χ3n) is 0.850. The summed E-state index contributed by atoms with van der Waals surface area (Å²) < 4.78 is 4.63. The third-order valence-corrected chi connectivity index (χ3v) is 0.850. The fraction of sp³-hybridized carbons (Fsp3) is 0. The summed E-state index contributed by atoms with van der Waals surface area (Å²) in [5, 5.41) is 0. The monoisotopic (exact) mass is 174 g/mol. The molecule has 1 heterocycles. The average molecular weight is 174 g/mol. The van der Waals surface area contributed by atoms with Crippen molar-refractivity contribution >= 4 is 5.97 Å².